The monoisotopic (exact) mass is 453 g/mol. The molecular formula is C17H29FIN3O2. The Labute approximate surface area is 161 Å². The summed E-state index contributed by atoms with van der Waals surface area (Å²) in [4.78, 5) is 4.52. The van der Waals surface area contributed by atoms with Gasteiger partial charge in [0.15, 0.2) is 5.96 Å². The van der Waals surface area contributed by atoms with Crippen molar-refractivity contribution in [2.75, 3.05) is 32.8 Å². The molecule has 0 aromatic heterocycles. The van der Waals surface area contributed by atoms with Gasteiger partial charge in [0.1, 0.15) is 17.7 Å². The lowest BCUT2D eigenvalue weighted by molar-refractivity contribution is 0.152. The van der Waals surface area contributed by atoms with Crippen LogP contribution >= 0.6 is 24.0 Å². The standard InChI is InChI=1S/C17H28FN3O2.HI/c1-4-15(23-16-9-7-8-14(18)12-16)13-21-17(19-5-2)20-10-11-22-6-3;/h7-9,12,15H,4-6,10-11,13H2,1-3H3,(H2,19,20,21);1H. The Kier molecular flexibility index (Phi) is 13.6. The summed E-state index contributed by atoms with van der Waals surface area (Å²) in [6.45, 7) is 9.32. The van der Waals surface area contributed by atoms with Gasteiger partial charge in [-0.05, 0) is 32.4 Å². The molecule has 0 heterocycles. The fraction of sp³-hybridized carbons (Fsp3) is 0.588. The molecule has 7 heteroatoms. The highest BCUT2D eigenvalue weighted by atomic mass is 127. The van der Waals surface area contributed by atoms with Gasteiger partial charge in [-0.2, -0.15) is 0 Å². The van der Waals surface area contributed by atoms with E-state index < -0.39 is 0 Å². The van der Waals surface area contributed by atoms with E-state index in [2.05, 4.69) is 15.6 Å². The van der Waals surface area contributed by atoms with E-state index in [9.17, 15) is 4.39 Å². The average molecular weight is 453 g/mol. The fourth-order valence-electron chi connectivity index (χ4n) is 1.90. The van der Waals surface area contributed by atoms with Gasteiger partial charge in [-0.1, -0.05) is 13.0 Å². The Morgan fingerprint density at radius 2 is 2.04 bits per heavy atom. The number of hydrogen-bond acceptors (Lipinski definition) is 3. The summed E-state index contributed by atoms with van der Waals surface area (Å²) < 4.78 is 24.3. The van der Waals surface area contributed by atoms with Crippen LogP contribution in [-0.4, -0.2) is 44.9 Å². The number of nitrogens with zero attached hydrogens (tertiary/aromatic N) is 1. The summed E-state index contributed by atoms with van der Waals surface area (Å²) in [5.41, 5.74) is 0. The zero-order valence-electron chi connectivity index (χ0n) is 14.7. The van der Waals surface area contributed by atoms with E-state index in [-0.39, 0.29) is 35.9 Å². The summed E-state index contributed by atoms with van der Waals surface area (Å²) in [7, 11) is 0. The highest BCUT2D eigenvalue weighted by Crippen LogP contribution is 2.15. The van der Waals surface area contributed by atoms with Crippen LogP contribution in [0.3, 0.4) is 0 Å². The molecule has 5 nitrogen and oxygen atoms in total. The average Bonchev–Trinajstić information content (AvgIpc) is 2.55. The lowest BCUT2D eigenvalue weighted by Gasteiger charge is -2.17. The van der Waals surface area contributed by atoms with Crippen LogP contribution in [0.4, 0.5) is 4.39 Å². The zero-order valence-corrected chi connectivity index (χ0v) is 17.0. The van der Waals surface area contributed by atoms with E-state index in [0.29, 0.717) is 32.1 Å². The van der Waals surface area contributed by atoms with E-state index in [0.717, 1.165) is 18.9 Å². The molecule has 0 fully saturated rings. The first-order valence-electron chi connectivity index (χ1n) is 8.21. The lowest BCUT2D eigenvalue weighted by Crippen LogP contribution is -2.39. The Balaban J connectivity index is 0.00000529. The number of nitrogens with one attached hydrogen (secondary N) is 2. The molecule has 0 spiro atoms. The molecular weight excluding hydrogens is 424 g/mol. The van der Waals surface area contributed by atoms with Crippen LogP contribution in [0.15, 0.2) is 29.3 Å². The molecule has 0 radical (unpaired) electrons. The van der Waals surface area contributed by atoms with Crippen molar-refractivity contribution in [3.63, 3.8) is 0 Å². The van der Waals surface area contributed by atoms with Crippen molar-refractivity contribution in [3.8, 4) is 5.75 Å². The van der Waals surface area contributed by atoms with Crippen LogP contribution in [0, 0.1) is 5.82 Å². The van der Waals surface area contributed by atoms with Crippen molar-refractivity contribution >= 4 is 29.9 Å². The minimum absolute atomic E-state index is 0. The van der Waals surface area contributed by atoms with Gasteiger partial charge in [0, 0.05) is 25.8 Å². The zero-order chi connectivity index (χ0) is 16.9. The minimum atomic E-state index is -0.299. The molecule has 24 heavy (non-hydrogen) atoms. The predicted molar refractivity (Wildman–Crippen MR) is 107 cm³/mol. The summed E-state index contributed by atoms with van der Waals surface area (Å²) in [6.07, 6.45) is 0.692. The number of guanidine groups is 1. The summed E-state index contributed by atoms with van der Waals surface area (Å²) in [6, 6.07) is 6.18. The maximum Gasteiger partial charge on any atom is 0.191 e. The van der Waals surface area contributed by atoms with Gasteiger partial charge in [0.05, 0.1) is 13.2 Å². The van der Waals surface area contributed by atoms with Crippen molar-refractivity contribution in [2.24, 2.45) is 4.99 Å². The van der Waals surface area contributed by atoms with E-state index in [1.807, 2.05) is 20.8 Å². The maximum atomic E-state index is 13.2. The second-order valence-electron chi connectivity index (χ2n) is 4.95. The second kappa shape index (κ2) is 14.3. The number of aliphatic imine (C=N–C) groups is 1. The predicted octanol–water partition coefficient (Wildman–Crippen LogP) is 3.19. The van der Waals surface area contributed by atoms with Crippen LogP contribution in [0.2, 0.25) is 0 Å². The SMILES string of the molecule is CCNC(=NCC(CC)Oc1cccc(F)c1)NCCOCC.I. The molecule has 0 amide bonds. The molecule has 0 saturated heterocycles. The van der Waals surface area contributed by atoms with Gasteiger partial charge in [-0.3, -0.25) is 0 Å². The minimum Gasteiger partial charge on any atom is -0.488 e. The highest BCUT2D eigenvalue weighted by Gasteiger charge is 2.09. The van der Waals surface area contributed by atoms with Crippen LogP contribution in [-0.2, 0) is 4.74 Å². The molecule has 1 rings (SSSR count). The molecule has 0 bridgehead atoms. The van der Waals surface area contributed by atoms with Crippen molar-refractivity contribution in [1.29, 1.82) is 0 Å². The van der Waals surface area contributed by atoms with E-state index >= 15 is 0 Å². The smallest absolute Gasteiger partial charge is 0.191 e. The Morgan fingerprint density at radius 3 is 2.67 bits per heavy atom. The van der Waals surface area contributed by atoms with E-state index in [1.165, 1.54) is 12.1 Å². The first kappa shape index (κ1) is 22.9. The van der Waals surface area contributed by atoms with Gasteiger partial charge < -0.3 is 20.1 Å². The molecule has 1 aromatic carbocycles. The molecule has 1 atom stereocenters. The molecule has 2 N–H and O–H groups in total. The van der Waals surface area contributed by atoms with Gasteiger partial charge in [-0.25, -0.2) is 9.38 Å². The van der Waals surface area contributed by atoms with Gasteiger partial charge in [-0.15, -0.1) is 24.0 Å². The van der Waals surface area contributed by atoms with Gasteiger partial charge in [0.2, 0.25) is 0 Å². The number of hydrogen-bond donors (Lipinski definition) is 2. The summed E-state index contributed by atoms with van der Waals surface area (Å²) in [5, 5.41) is 6.39. The van der Waals surface area contributed by atoms with Gasteiger partial charge >= 0.3 is 0 Å². The fourth-order valence-corrected chi connectivity index (χ4v) is 1.90. The highest BCUT2D eigenvalue weighted by molar-refractivity contribution is 14.0. The lowest BCUT2D eigenvalue weighted by atomic mass is 10.2. The van der Waals surface area contributed by atoms with Gasteiger partial charge in [0.25, 0.3) is 0 Å². The third kappa shape index (κ3) is 9.92. The maximum absolute atomic E-state index is 13.2. The van der Waals surface area contributed by atoms with Crippen molar-refractivity contribution in [3.05, 3.63) is 30.1 Å². The number of rotatable bonds is 10. The molecule has 0 aliphatic rings. The van der Waals surface area contributed by atoms with E-state index in [4.69, 9.17) is 9.47 Å². The van der Waals surface area contributed by atoms with Crippen molar-refractivity contribution in [1.82, 2.24) is 10.6 Å². The van der Waals surface area contributed by atoms with Crippen LogP contribution < -0.4 is 15.4 Å². The van der Waals surface area contributed by atoms with Crippen LogP contribution in [0.1, 0.15) is 27.2 Å². The molecule has 0 saturated carbocycles. The molecule has 0 aliphatic carbocycles. The Hall–Kier alpha value is -1.09. The topological polar surface area (TPSA) is 54.9 Å². The molecule has 138 valence electrons. The summed E-state index contributed by atoms with van der Waals surface area (Å²) in [5.74, 6) is 0.960. The quantitative estimate of drug-likeness (QED) is 0.247. The molecule has 0 aliphatic heterocycles. The van der Waals surface area contributed by atoms with Crippen molar-refractivity contribution in [2.45, 2.75) is 33.3 Å². The second-order valence-corrected chi connectivity index (χ2v) is 4.95. The summed E-state index contributed by atoms with van der Waals surface area (Å²) >= 11 is 0. The van der Waals surface area contributed by atoms with E-state index in [1.54, 1.807) is 12.1 Å². The Bertz CT molecular complexity index is 475. The first-order valence-corrected chi connectivity index (χ1v) is 8.21. The largest absolute Gasteiger partial charge is 0.488 e. The molecule has 1 unspecified atom stereocenters. The van der Waals surface area contributed by atoms with Crippen LogP contribution in [0.25, 0.3) is 0 Å². The first-order chi connectivity index (χ1) is 11.2. The third-order valence-electron chi connectivity index (χ3n) is 3.09. The number of benzene rings is 1. The normalized spacial score (nSPS) is 12.2. The Morgan fingerprint density at radius 1 is 1.25 bits per heavy atom. The number of ether oxygens (including phenoxy) is 2. The third-order valence-corrected chi connectivity index (χ3v) is 3.09. The van der Waals surface area contributed by atoms with Crippen LogP contribution in [0.5, 0.6) is 5.75 Å². The number of halogens is 2. The molecule has 1 aromatic rings. The van der Waals surface area contributed by atoms with Crippen molar-refractivity contribution < 1.29 is 13.9 Å².